The van der Waals surface area contributed by atoms with Crippen molar-refractivity contribution in [2.24, 2.45) is 0 Å². The number of piperazine rings is 1. The first-order valence-corrected chi connectivity index (χ1v) is 13.1. The molecule has 0 aromatic heterocycles. The van der Waals surface area contributed by atoms with Crippen LogP contribution in [-0.4, -0.2) is 101 Å². The molecule has 11 heteroatoms. The Balaban J connectivity index is 1.43. The second-order valence-electron chi connectivity index (χ2n) is 8.60. The minimum atomic E-state index is -3.79. The second kappa shape index (κ2) is 11.1. The molecule has 2 saturated heterocycles. The number of benzene rings is 2. The first-order chi connectivity index (χ1) is 16.9. The molecule has 3 N–H and O–H groups in total. The zero-order valence-corrected chi connectivity index (χ0v) is 20.7. The van der Waals surface area contributed by atoms with E-state index in [2.05, 4.69) is 14.5 Å². The summed E-state index contributed by atoms with van der Waals surface area (Å²) in [6, 6.07) is 13.5. The Kier molecular flexibility index (Phi) is 8.15. The van der Waals surface area contributed by atoms with E-state index in [0.717, 1.165) is 11.4 Å². The van der Waals surface area contributed by atoms with E-state index in [4.69, 9.17) is 14.2 Å². The van der Waals surface area contributed by atoms with Gasteiger partial charge < -0.3 is 29.3 Å². The Morgan fingerprint density at radius 2 is 1.69 bits per heavy atom. The van der Waals surface area contributed by atoms with Gasteiger partial charge in [0.2, 0.25) is 10.0 Å². The maximum absolute atomic E-state index is 12.8. The van der Waals surface area contributed by atoms with Gasteiger partial charge in [-0.3, -0.25) is 4.90 Å². The van der Waals surface area contributed by atoms with Crippen LogP contribution >= 0.6 is 0 Å². The highest BCUT2D eigenvalue weighted by Gasteiger charge is 2.47. The van der Waals surface area contributed by atoms with E-state index < -0.39 is 34.4 Å². The fraction of sp³-hybridized carbons (Fsp3) is 0.500. The van der Waals surface area contributed by atoms with E-state index in [-0.39, 0.29) is 18.0 Å². The second-order valence-corrected chi connectivity index (χ2v) is 10.4. The third-order valence-electron chi connectivity index (χ3n) is 6.65. The third kappa shape index (κ3) is 5.55. The summed E-state index contributed by atoms with van der Waals surface area (Å²) in [5.74, 6) is 1.36. The standard InChI is InChI=1S/C24H33N3O7S/c1-32-17-7-9-18(10-8-17)35(30,31)25-15-21-23(24(29)22(16-28)34-21)27-13-11-26(12-14-27)19-5-3-4-6-20(19)33-2/h3-10,21-25,28-29H,11-16H2,1-2H3. The van der Waals surface area contributed by atoms with Crippen molar-refractivity contribution < 1.29 is 32.8 Å². The predicted octanol–water partition coefficient (Wildman–Crippen LogP) is 0.294. The van der Waals surface area contributed by atoms with Crippen molar-refractivity contribution in [2.75, 3.05) is 58.5 Å². The van der Waals surface area contributed by atoms with Gasteiger partial charge in [-0.15, -0.1) is 0 Å². The molecule has 2 aliphatic heterocycles. The van der Waals surface area contributed by atoms with Crippen LogP contribution in [0, 0.1) is 0 Å². The predicted molar refractivity (Wildman–Crippen MR) is 131 cm³/mol. The first-order valence-electron chi connectivity index (χ1n) is 11.6. The van der Waals surface area contributed by atoms with Crippen LogP contribution in [0.25, 0.3) is 0 Å². The first kappa shape index (κ1) is 25.7. The van der Waals surface area contributed by atoms with Crippen molar-refractivity contribution in [3.63, 3.8) is 0 Å². The number of ether oxygens (including phenoxy) is 3. The lowest BCUT2D eigenvalue weighted by atomic mass is 10.0. The highest BCUT2D eigenvalue weighted by molar-refractivity contribution is 7.89. The molecule has 0 spiro atoms. The number of anilines is 1. The number of aliphatic hydroxyl groups excluding tert-OH is 2. The molecule has 35 heavy (non-hydrogen) atoms. The van der Waals surface area contributed by atoms with Crippen LogP contribution in [0.4, 0.5) is 5.69 Å². The molecule has 2 aromatic rings. The van der Waals surface area contributed by atoms with Gasteiger partial charge in [-0.05, 0) is 36.4 Å². The van der Waals surface area contributed by atoms with Crippen molar-refractivity contribution in [1.82, 2.24) is 9.62 Å². The summed E-state index contributed by atoms with van der Waals surface area (Å²) < 4.78 is 44.7. The summed E-state index contributed by atoms with van der Waals surface area (Å²) in [5, 5.41) is 20.6. The molecule has 192 valence electrons. The van der Waals surface area contributed by atoms with Gasteiger partial charge in [0.15, 0.2) is 0 Å². The van der Waals surface area contributed by atoms with Gasteiger partial charge in [-0.2, -0.15) is 0 Å². The number of nitrogens with zero attached hydrogens (tertiary/aromatic N) is 2. The van der Waals surface area contributed by atoms with E-state index in [1.165, 1.54) is 19.2 Å². The third-order valence-corrected chi connectivity index (χ3v) is 8.09. The van der Waals surface area contributed by atoms with E-state index in [9.17, 15) is 18.6 Å². The maximum Gasteiger partial charge on any atom is 0.240 e. The molecule has 10 nitrogen and oxygen atoms in total. The number of aliphatic hydroxyl groups is 2. The monoisotopic (exact) mass is 507 g/mol. The molecule has 0 saturated carbocycles. The fourth-order valence-corrected chi connectivity index (χ4v) is 5.82. The molecular weight excluding hydrogens is 474 g/mol. The number of sulfonamides is 1. The smallest absolute Gasteiger partial charge is 0.240 e. The molecule has 0 amide bonds. The molecule has 2 heterocycles. The Labute approximate surface area is 206 Å². The van der Waals surface area contributed by atoms with Gasteiger partial charge in [0.05, 0.1) is 43.6 Å². The highest BCUT2D eigenvalue weighted by Crippen LogP contribution is 2.31. The average molecular weight is 508 g/mol. The minimum Gasteiger partial charge on any atom is -0.497 e. The number of para-hydroxylation sites is 2. The average Bonchev–Trinajstić information content (AvgIpc) is 3.22. The molecule has 0 aliphatic carbocycles. The lowest BCUT2D eigenvalue weighted by Gasteiger charge is -2.41. The number of rotatable bonds is 9. The van der Waals surface area contributed by atoms with Crippen molar-refractivity contribution in [3.05, 3.63) is 48.5 Å². The SMILES string of the molecule is COc1ccc(S(=O)(=O)NCC2OC(CO)C(O)C2N2CCN(c3ccccc3OC)CC2)cc1. The Hall–Kier alpha value is -2.41. The van der Waals surface area contributed by atoms with Gasteiger partial charge in [-0.1, -0.05) is 12.1 Å². The van der Waals surface area contributed by atoms with E-state index in [1.54, 1.807) is 19.2 Å². The zero-order chi connectivity index (χ0) is 25.0. The van der Waals surface area contributed by atoms with Gasteiger partial charge in [0.25, 0.3) is 0 Å². The van der Waals surface area contributed by atoms with Gasteiger partial charge in [0, 0.05) is 32.7 Å². The van der Waals surface area contributed by atoms with Crippen LogP contribution in [0.1, 0.15) is 0 Å². The van der Waals surface area contributed by atoms with Gasteiger partial charge in [-0.25, -0.2) is 13.1 Å². The molecule has 4 atom stereocenters. The van der Waals surface area contributed by atoms with Crippen molar-refractivity contribution in [2.45, 2.75) is 29.2 Å². The molecule has 2 aliphatic rings. The Bertz CT molecular complexity index is 1070. The van der Waals surface area contributed by atoms with Crippen LogP contribution in [-0.2, 0) is 14.8 Å². The number of methoxy groups -OCH3 is 2. The summed E-state index contributed by atoms with van der Waals surface area (Å²) in [4.78, 5) is 4.44. The Morgan fingerprint density at radius 1 is 1.00 bits per heavy atom. The van der Waals surface area contributed by atoms with Crippen LogP contribution < -0.4 is 19.1 Å². The maximum atomic E-state index is 12.8. The van der Waals surface area contributed by atoms with Crippen LogP contribution in [0.2, 0.25) is 0 Å². The zero-order valence-electron chi connectivity index (χ0n) is 19.9. The lowest BCUT2D eigenvalue weighted by molar-refractivity contribution is -0.0201. The molecular formula is C24H33N3O7S. The van der Waals surface area contributed by atoms with Gasteiger partial charge in [0.1, 0.15) is 23.7 Å². The molecule has 0 radical (unpaired) electrons. The summed E-state index contributed by atoms with van der Waals surface area (Å²) in [5.41, 5.74) is 1.01. The molecule has 0 bridgehead atoms. The molecule has 4 rings (SSSR count). The normalized spacial score (nSPS) is 25.5. The highest BCUT2D eigenvalue weighted by atomic mass is 32.2. The van der Waals surface area contributed by atoms with E-state index in [0.29, 0.717) is 31.9 Å². The van der Waals surface area contributed by atoms with Crippen LogP contribution in [0.5, 0.6) is 11.5 Å². The van der Waals surface area contributed by atoms with Crippen molar-refractivity contribution >= 4 is 15.7 Å². The Morgan fingerprint density at radius 3 is 2.31 bits per heavy atom. The number of hydrogen-bond acceptors (Lipinski definition) is 9. The summed E-state index contributed by atoms with van der Waals surface area (Å²) in [6.07, 6.45) is -2.33. The largest absolute Gasteiger partial charge is 0.497 e. The summed E-state index contributed by atoms with van der Waals surface area (Å²) >= 11 is 0. The molecule has 2 fully saturated rings. The van der Waals surface area contributed by atoms with Gasteiger partial charge >= 0.3 is 0 Å². The molecule has 4 unspecified atom stereocenters. The van der Waals surface area contributed by atoms with Crippen molar-refractivity contribution in [1.29, 1.82) is 0 Å². The van der Waals surface area contributed by atoms with Crippen LogP contribution in [0.3, 0.4) is 0 Å². The van der Waals surface area contributed by atoms with Crippen LogP contribution in [0.15, 0.2) is 53.4 Å². The van der Waals surface area contributed by atoms with E-state index >= 15 is 0 Å². The topological polar surface area (TPSA) is 121 Å². The molecule has 2 aromatic carbocycles. The summed E-state index contributed by atoms with van der Waals surface area (Å²) in [6.45, 7) is 2.32. The number of hydrogen-bond donors (Lipinski definition) is 3. The summed E-state index contributed by atoms with van der Waals surface area (Å²) in [7, 11) is -0.632. The van der Waals surface area contributed by atoms with E-state index in [1.807, 2.05) is 24.3 Å². The van der Waals surface area contributed by atoms with Crippen molar-refractivity contribution in [3.8, 4) is 11.5 Å². The minimum absolute atomic E-state index is 0.0285. The quantitative estimate of drug-likeness (QED) is 0.440. The fourth-order valence-electron chi connectivity index (χ4n) is 4.78. The lowest BCUT2D eigenvalue weighted by Crippen LogP contribution is -2.57. The number of nitrogens with one attached hydrogen (secondary N) is 1.